The van der Waals surface area contributed by atoms with E-state index < -0.39 is 0 Å². The monoisotopic (exact) mass is 490 g/mol. The summed E-state index contributed by atoms with van der Waals surface area (Å²) in [4.78, 5) is 33.5. The highest BCUT2D eigenvalue weighted by Crippen LogP contribution is 2.26. The number of hydrogen-bond donors (Lipinski definition) is 1. The molecule has 0 unspecified atom stereocenters. The fourth-order valence-electron chi connectivity index (χ4n) is 4.62. The van der Waals surface area contributed by atoms with Gasteiger partial charge < -0.3 is 10.2 Å². The Hall–Kier alpha value is -3.52. The number of thiophene rings is 1. The average Bonchev–Trinajstić information content (AvgIpc) is 3.36. The van der Waals surface area contributed by atoms with Gasteiger partial charge in [0.1, 0.15) is 10.5 Å². The molecule has 6 nitrogen and oxygen atoms in total. The van der Waals surface area contributed by atoms with Crippen LogP contribution >= 0.6 is 11.3 Å². The third-order valence-electron chi connectivity index (χ3n) is 6.53. The van der Waals surface area contributed by atoms with Crippen molar-refractivity contribution in [1.29, 1.82) is 0 Å². The Labute approximate surface area is 207 Å². The van der Waals surface area contributed by atoms with Crippen LogP contribution in [-0.4, -0.2) is 28.5 Å². The number of hydrogen-bond acceptors (Lipinski definition) is 5. The molecule has 1 N–H and O–H groups in total. The molecule has 2 atom stereocenters. The highest BCUT2D eigenvalue weighted by Gasteiger charge is 2.29. The van der Waals surface area contributed by atoms with Gasteiger partial charge in [0.2, 0.25) is 11.9 Å². The molecule has 2 aromatic carbocycles. The van der Waals surface area contributed by atoms with E-state index in [1.807, 2.05) is 48.7 Å². The number of nitrogens with zero attached hydrogens (tertiary/aromatic N) is 3. The number of carbonyl (C=O) groups excluding carboxylic acids is 1. The third kappa shape index (κ3) is 4.98. The topological polar surface area (TPSA) is 67.2 Å². The van der Waals surface area contributed by atoms with Gasteiger partial charge in [0.25, 0.3) is 5.56 Å². The summed E-state index contributed by atoms with van der Waals surface area (Å²) in [6.07, 6.45) is 1.59. The molecule has 5 rings (SSSR count). The lowest BCUT2D eigenvalue weighted by Gasteiger charge is -2.34. The number of amides is 1. The van der Waals surface area contributed by atoms with Crippen molar-refractivity contribution in [3.8, 4) is 0 Å². The smallest absolute Gasteiger partial charge is 0.273 e. The Balaban J connectivity index is 1.39. The summed E-state index contributed by atoms with van der Waals surface area (Å²) in [7, 11) is 0. The zero-order valence-corrected chi connectivity index (χ0v) is 20.3. The van der Waals surface area contributed by atoms with Crippen LogP contribution in [0.1, 0.15) is 36.9 Å². The second kappa shape index (κ2) is 10.00. The normalized spacial score (nSPS) is 16.9. The van der Waals surface area contributed by atoms with Crippen molar-refractivity contribution in [3.63, 3.8) is 0 Å². The molecule has 0 bridgehead atoms. The molecule has 35 heavy (non-hydrogen) atoms. The SMILES string of the molecule is C[C@H](NC(=O)[C@@H]1CCCN(c2nc3ccsc3c(=O)n2Cc2ccccc2)C1)c1ccc(F)cc1. The summed E-state index contributed by atoms with van der Waals surface area (Å²) in [6, 6.07) is 17.7. The van der Waals surface area contributed by atoms with E-state index >= 15 is 0 Å². The number of piperidine rings is 1. The van der Waals surface area contributed by atoms with Gasteiger partial charge in [-0.3, -0.25) is 14.2 Å². The van der Waals surface area contributed by atoms with Crippen LogP contribution in [0.15, 0.2) is 70.8 Å². The molecule has 2 aromatic heterocycles. The van der Waals surface area contributed by atoms with E-state index in [4.69, 9.17) is 4.98 Å². The van der Waals surface area contributed by atoms with Gasteiger partial charge in [-0.25, -0.2) is 9.37 Å². The molecule has 1 aliphatic heterocycles. The van der Waals surface area contributed by atoms with Crippen molar-refractivity contribution < 1.29 is 9.18 Å². The Morgan fingerprint density at radius 3 is 2.71 bits per heavy atom. The zero-order valence-electron chi connectivity index (χ0n) is 19.5. The highest BCUT2D eigenvalue weighted by atomic mass is 32.1. The first-order valence-corrected chi connectivity index (χ1v) is 12.7. The van der Waals surface area contributed by atoms with E-state index in [-0.39, 0.29) is 29.2 Å². The number of rotatable bonds is 6. The fraction of sp³-hybridized carbons (Fsp3) is 0.296. The molecule has 0 radical (unpaired) electrons. The quantitative estimate of drug-likeness (QED) is 0.424. The molecule has 1 aliphatic rings. The molecule has 3 heterocycles. The molecular weight excluding hydrogens is 463 g/mol. The molecule has 0 aliphatic carbocycles. The first-order valence-electron chi connectivity index (χ1n) is 11.8. The maximum absolute atomic E-state index is 13.4. The molecule has 0 saturated carbocycles. The summed E-state index contributed by atoms with van der Waals surface area (Å²) in [5.41, 5.74) is 2.51. The van der Waals surface area contributed by atoms with Crippen molar-refractivity contribution in [3.05, 3.63) is 93.3 Å². The Morgan fingerprint density at radius 1 is 1.17 bits per heavy atom. The predicted molar refractivity (Wildman–Crippen MR) is 137 cm³/mol. The van der Waals surface area contributed by atoms with Crippen LogP contribution in [0.5, 0.6) is 0 Å². The van der Waals surface area contributed by atoms with Crippen LogP contribution in [0.4, 0.5) is 10.3 Å². The number of fused-ring (bicyclic) bond motifs is 1. The van der Waals surface area contributed by atoms with Crippen molar-refractivity contribution in [1.82, 2.24) is 14.9 Å². The standard InChI is InChI=1S/C27H27FN4O2S/c1-18(20-9-11-22(28)12-10-20)29-25(33)21-8-5-14-31(17-21)27-30-23-13-15-35-24(23)26(34)32(27)16-19-6-3-2-4-7-19/h2-4,6-7,9-13,15,18,21H,5,8,14,16-17H2,1H3,(H,29,33)/t18-,21+/m0/s1. The maximum Gasteiger partial charge on any atom is 0.273 e. The van der Waals surface area contributed by atoms with Gasteiger partial charge in [-0.2, -0.15) is 0 Å². The van der Waals surface area contributed by atoms with Gasteiger partial charge >= 0.3 is 0 Å². The molecule has 4 aromatic rings. The number of nitrogens with one attached hydrogen (secondary N) is 1. The summed E-state index contributed by atoms with van der Waals surface area (Å²) in [5, 5.41) is 4.96. The number of halogens is 1. The number of carbonyl (C=O) groups is 1. The van der Waals surface area contributed by atoms with E-state index in [2.05, 4.69) is 10.2 Å². The van der Waals surface area contributed by atoms with Crippen molar-refractivity contribution in [2.45, 2.75) is 32.4 Å². The summed E-state index contributed by atoms with van der Waals surface area (Å²) < 4.78 is 15.6. The van der Waals surface area contributed by atoms with Crippen molar-refractivity contribution in [2.75, 3.05) is 18.0 Å². The molecule has 1 saturated heterocycles. The van der Waals surface area contributed by atoms with E-state index in [1.54, 1.807) is 16.7 Å². The lowest BCUT2D eigenvalue weighted by atomic mass is 9.96. The Kier molecular flexibility index (Phi) is 6.63. The van der Waals surface area contributed by atoms with Gasteiger partial charge in [-0.1, -0.05) is 42.5 Å². The minimum absolute atomic E-state index is 0.0416. The lowest BCUT2D eigenvalue weighted by molar-refractivity contribution is -0.125. The van der Waals surface area contributed by atoms with Crippen molar-refractivity contribution >= 4 is 33.4 Å². The van der Waals surface area contributed by atoms with Gasteiger partial charge in [0.15, 0.2) is 0 Å². The van der Waals surface area contributed by atoms with E-state index in [9.17, 15) is 14.0 Å². The van der Waals surface area contributed by atoms with Gasteiger partial charge in [-0.15, -0.1) is 11.3 Å². The Morgan fingerprint density at radius 2 is 1.94 bits per heavy atom. The van der Waals surface area contributed by atoms with Crippen LogP contribution in [0.25, 0.3) is 10.2 Å². The number of anilines is 1. The highest BCUT2D eigenvalue weighted by molar-refractivity contribution is 7.17. The van der Waals surface area contributed by atoms with Gasteiger partial charge in [0.05, 0.1) is 24.0 Å². The molecular formula is C27H27FN4O2S. The first-order chi connectivity index (χ1) is 17.0. The fourth-order valence-corrected chi connectivity index (χ4v) is 5.40. The minimum atomic E-state index is -0.299. The molecule has 1 fully saturated rings. The molecule has 180 valence electrons. The van der Waals surface area contributed by atoms with Crippen LogP contribution in [0.2, 0.25) is 0 Å². The Bertz CT molecular complexity index is 1380. The van der Waals surface area contributed by atoms with Crippen LogP contribution < -0.4 is 15.8 Å². The largest absolute Gasteiger partial charge is 0.349 e. The molecule has 1 amide bonds. The van der Waals surface area contributed by atoms with Gasteiger partial charge in [0, 0.05) is 13.1 Å². The first kappa shape index (κ1) is 23.2. The second-order valence-electron chi connectivity index (χ2n) is 8.99. The number of benzene rings is 2. The van der Waals surface area contributed by atoms with Crippen LogP contribution in [-0.2, 0) is 11.3 Å². The molecule has 0 spiro atoms. The second-order valence-corrected chi connectivity index (χ2v) is 9.91. The van der Waals surface area contributed by atoms with E-state index in [0.717, 1.165) is 30.5 Å². The van der Waals surface area contributed by atoms with Crippen LogP contribution in [0, 0.1) is 11.7 Å². The minimum Gasteiger partial charge on any atom is -0.349 e. The van der Waals surface area contributed by atoms with Gasteiger partial charge in [-0.05, 0) is 54.5 Å². The predicted octanol–water partition coefficient (Wildman–Crippen LogP) is 4.74. The molecule has 8 heteroatoms. The number of aromatic nitrogens is 2. The maximum atomic E-state index is 13.4. The summed E-state index contributed by atoms with van der Waals surface area (Å²) in [6.45, 7) is 3.53. The third-order valence-corrected chi connectivity index (χ3v) is 7.42. The van der Waals surface area contributed by atoms with Crippen LogP contribution in [0.3, 0.4) is 0 Å². The summed E-state index contributed by atoms with van der Waals surface area (Å²) in [5.74, 6) is 0.0349. The average molecular weight is 491 g/mol. The van der Waals surface area contributed by atoms with E-state index in [0.29, 0.717) is 29.3 Å². The van der Waals surface area contributed by atoms with E-state index in [1.165, 1.54) is 23.5 Å². The lowest BCUT2D eigenvalue weighted by Crippen LogP contribution is -2.45. The van der Waals surface area contributed by atoms with Crippen molar-refractivity contribution in [2.24, 2.45) is 5.92 Å². The summed E-state index contributed by atoms with van der Waals surface area (Å²) >= 11 is 1.40. The zero-order chi connectivity index (χ0) is 24.4.